The Morgan fingerprint density at radius 1 is 1.00 bits per heavy atom. The highest BCUT2D eigenvalue weighted by atomic mass is 16.6. The third-order valence-electron chi connectivity index (χ3n) is 4.96. The number of amides is 1. The largest absolute Gasteiger partial charge is 0.450 e. The van der Waals surface area contributed by atoms with Crippen molar-refractivity contribution in [3.63, 3.8) is 0 Å². The highest BCUT2D eigenvalue weighted by Crippen LogP contribution is 2.29. The summed E-state index contributed by atoms with van der Waals surface area (Å²) in [4.78, 5) is 21.0. The van der Waals surface area contributed by atoms with Gasteiger partial charge in [0.2, 0.25) is 0 Å². The van der Waals surface area contributed by atoms with E-state index in [1.807, 2.05) is 13.0 Å². The first-order chi connectivity index (χ1) is 12.8. The molecule has 0 bridgehead atoms. The summed E-state index contributed by atoms with van der Waals surface area (Å²) in [6.45, 7) is 5.07. The standard InChI is InChI=1S/C21H23N3O2/c1-2-26-21(25)24-13-11-23(12-14-24)20-18-9-5-3-7-16(18)15-17-8-4-6-10-19(17)22-20/h3-10H,2,11-15H2,1H3. The van der Waals surface area contributed by atoms with Crippen LogP contribution in [0.5, 0.6) is 0 Å². The molecule has 0 radical (unpaired) electrons. The number of hydrogen-bond donors (Lipinski definition) is 0. The van der Waals surface area contributed by atoms with Crippen LogP contribution in [0.15, 0.2) is 53.5 Å². The fraction of sp³-hybridized carbons (Fsp3) is 0.333. The molecule has 0 atom stereocenters. The number of carbonyl (C=O) groups is 1. The van der Waals surface area contributed by atoms with E-state index in [9.17, 15) is 4.79 Å². The zero-order valence-corrected chi connectivity index (χ0v) is 15.0. The summed E-state index contributed by atoms with van der Waals surface area (Å²) >= 11 is 0. The molecule has 1 fully saturated rings. The van der Waals surface area contributed by atoms with Crippen LogP contribution in [0.2, 0.25) is 0 Å². The van der Waals surface area contributed by atoms with Crippen molar-refractivity contribution in [1.82, 2.24) is 9.80 Å². The van der Waals surface area contributed by atoms with Gasteiger partial charge in [-0.1, -0.05) is 42.5 Å². The molecule has 5 nitrogen and oxygen atoms in total. The summed E-state index contributed by atoms with van der Waals surface area (Å²) in [6, 6.07) is 16.8. The van der Waals surface area contributed by atoms with Crippen LogP contribution in [0, 0.1) is 0 Å². The van der Waals surface area contributed by atoms with Crippen molar-refractivity contribution in [3.8, 4) is 0 Å². The Kier molecular flexibility index (Phi) is 4.61. The Labute approximate surface area is 153 Å². The molecule has 2 aromatic carbocycles. The molecular formula is C21H23N3O2. The average molecular weight is 349 g/mol. The lowest BCUT2D eigenvalue weighted by atomic mass is 9.99. The van der Waals surface area contributed by atoms with Gasteiger partial charge in [0, 0.05) is 38.2 Å². The molecule has 2 aromatic rings. The summed E-state index contributed by atoms with van der Waals surface area (Å²) in [5, 5.41) is 0. The van der Waals surface area contributed by atoms with Crippen molar-refractivity contribution in [3.05, 3.63) is 65.2 Å². The van der Waals surface area contributed by atoms with Crippen LogP contribution in [0.1, 0.15) is 23.6 Å². The van der Waals surface area contributed by atoms with Gasteiger partial charge in [0.1, 0.15) is 5.84 Å². The van der Waals surface area contributed by atoms with E-state index in [0.29, 0.717) is 19.7 Å². The number of carbonyl (C=O) groups excluding carboxylic acids is 1. The second-order valence-corrected chi connectivity index (χ2v) is 6.57. The molecule has 1 saturated heterocycles. The maximum Gasteiger partial charge on any atom is 0.409 e. The fourth-order valence-corrected chi connectivity index (χ4v) is 3.60. The zero-order valence-electron chi connectivity index (χ0n) is 15.0. The molecule has 0 unspecified atom stereocenters. The first-order valence-electron chi connectivity index (χ1n) is 9.18. The van der Waals surface area contributed by atoms with Gasteiger partial charge >= 0.3 is 6.09 Å². The number of aliphatic imine (C=N–C) groups is 1. The first-order valence-corrected chi connectivity index (χ1v) is 9.18. The number of rotatable bonds is 1. The number of benzene rings is 2. The van der Waals surface area contributed by atoms with Crippen LogP contribution < -0.4 is 0 Å². The smallest absolute Gasteiger partial charge is 0.409 e. The van der Waals surface area contributed by atoms with Crippen LogP contribution in [0.25, 0.3) is 0 Å². The number of nitrogens with zero attached hydrogens (tertiary/aromatic N) is 3. The SMILES string of the molecule is CCOC(=O)N1CCN(C2=Nc3ccccc3Cc3ccccc32)CC1. The summed E-state index contributed by atoms with van der Waals surface area (Å²) in [7, 11) is 0. The van der Waals surface area contributed by atoms with Crippen molar-refractivity contribution >= 4 is 17.6 Å². The maximum absolute atomic E-state index is 12.0. The number of hydrogen-bond acceptors (Lipinski definition) is 4. The maximum atomic E-state index is 12.0. The number of amidine groups is 1. The molecule has 0 N–H and O–H groups in total. The van der Waals surface area contributed by atoms with E-state index in [4.69, 9.17) is 9.73 Å². The van der Waals surface area contributed by atoms with Gasteiger partial charge in [-0.05, 0) is 24.1 Å². The van der Waals surface area contributed by atoms with E-state index in [1.165, 1.54) is 16.7 Å². The van der Waals surface area contributed by atoms with Gasteiger partial charge in [-0.3, -0.25) is 0 Å². The first kappa shape index (κ1) is 16.6. The normalized spacial score (nSPS) is 16.3. The fourth-order valence-electron chi connectivity index (χ4n) is 3.60. The van der Waals surface area contributed by atoms with Crippen LogP contribution in [-0.2, 0) is 11.2 Å². The van der Waals surface area contributed by atoms with E-state index in [2.05, 4.69) is 47.4 Å². The lowest BCUT2D eigenvalue weighted by Crippen LogP contribution is -2.51. The Balaban J connectivity index is 1.63. The van der Waals surface area contributed by atoms with Gasteiger partial charge in [-0.25, -0.2) is 9.79 Å². The predicted octanol–water partition coefficient (Wildman–Crippen LogP) is 3.44. The van der Waals surface area contributed by atoms with Crippen LogP contribution in [0.4, 0.5) is 10.5 Å². The zero-order chi connectivity index (χ0) is 17.9. The van der Waals surface area contributed by atoms with Crippen molar-refractivity contribution in [2.75, 3.05) is 32.8 Å². The van der Waals surface area contributed by atoms with Crippen LogP contribution in [-0.4, -0.2) is 54.5 Å². The summed E-state index contributed by atoms with van der Waals surface area (Å²) < 4.78 is 5.12. The van der Waals surface area contributed by atoms with Crippen molar-refractivity contribution < 1.29 is 9.53 Å². The Bertz CT molecular complexity index is 839. The minimum absolute atomic E-state index is 0.222. The second-order valence-electron chi connectivity index (χ2n) is 6.57. The lowest BCUT2D eigenvalue weighted by Gasteiger charge is -2.36. The Morgan fingerprint density at radius 2 is 1.69 bits per heavy atom. The number of ether oxygens (including phenoxy) is 1. The van der Waals surface area contributed by atoms with E-state index < -0.39 is 0 Å². The molecule has 5 heteroatoms. The molecule has 2 heterocycles. The average Bonchev–Trinajstić information content (AvgIpc) is 2.85. The van der Waals surface area contributed by atoms with Crippen molar-refractivity contribution in [1.29, 1.82) is 0 Å². The molecule has 2 aliphatic rings. The van der Waals surface area contributed by atoms with E-state index in [0.717, 1.165) is 31.0 Å². The predicted molar refractivity (Wildman–Crippen MR) is 102 cm³/mol. The third kappa shape index (κ3) is 3.17. The molecule has 0 saturated carbocycles. The highest BCUT2D eigenvalue weighted by Gasteiger charge is 2.26. The molecule has 0 aromatic heterocycles. The quantitative estimate of drug-likeness (QED) is 0.792. The van der Waals surface area contributed by atoms with Gasteiger partial charge in [0.25, 0.3) is 0 Å². The van der Waals surface area contributed by atoms with E-state index in [-0.39, 0.29) is 6.09 Å². The highest BCUT2D eigenvalue weighted by molar-refractivity contribution is 6.02. The van der Waals surface area contributed by atoms with Gasteiger partial charge in [-0.2, -0.15) is 0 Å². The Morgan fingerprint density at radius 3 is 2.46 bits per heavy atom. The van der Waals surface area contributed by atoms with Gasteiger partial charge in [0.05, 0.1) is 12.3 Å². The minimum atomic E-state index is -0.222. The van der Waals surface area contributed by atoms with Crippen LogP contribution in [0.3, 0.4) is 0 Å². The topological polar surface area (TPSA) is 45.1 Å². The van der Waals surface area contributed by atoms with Gasteiger partial charge in [-0.15, -0.1) is 0 Å². The summed E-state index contributed by atoms with van der Waals surface area (Å²) in [5.74, 6) is 1.01. The van der Waals surface area contributed by atoms with E-state index in [1.54, 1.807) is 4.90 Å². The Hall–Kier alpha value is -2.82. The lowest BCUT2D eigenvalue weighted by molar-refractivity contribution is 0.0921. The van der Waals surface area contributed by atoms with Crippen LogP contribution >= 0.6 is 0 Å². The molecule has 2 aliphatic heterocycles. The monoisotopic (exact) mass is 349 g/mol. The summed E-state index contributed by atoms with van der Waals surface area (Å²) in [5.41, 5.74) is 4.77. The molecule has 1 amide bonds. The van der Waals surface area contributed by atoms with E-state index >= 15 is 0 Å². The number of para-hydroxylation sites is 1. The number of fused-ring (bicyclic) bond motifs is 2. The molecule has 134 valence electrons. The van der Waals surface area contributed by atoms with Crippen molar-refractivity contribution in [2.45, 2.75) is 13.3 Å². The third-order valence-corrected chi connectivity index (χ3v) is 4.96. The van der Waals surface area contributed by atoms with Crippen molar-refractivity contribution in [2.24, 2.45) is 4.99 Å². The van der Waals surface area contributed by atoms with Gasteiger partial charge < -0.3 is 14.5 Å². The molecule has 26 heavy (non-hydrogen) atoms. The van der Waals surface area contributed by atoms with Gasteiger partial charge in [0.15, 0.2) is 0 Å². The second kappa shape index (κ2) is 7.20. The molecule has 0 spiro atoms. The molecule has 0 aliphatic carbocycles. The minimum Gasteiger partial charge on any atom is -0.450 e. The molecule has 4 rings (SSSR count). The summed E-state index contributed by atoms with van der Waals surface area (Å²) in [6.07, 6.45) is 0.669. The number of piperazine rings is 1. The molecular weight excluding hydrogens is 326 g/mol.